The van der Waals surface area contributed by atoms with E-state index in [0.717, 1.165) is 17.1 Å². The van der Waals surface area contributed by atoms with E-state index in [1.54, 1.807) is 0 Å². The van der Waals surface area contributed by atoms with Gasteiger partial charge in [-0.1, -0.05) is 287 Å². The number of benzene rings is 12. The summed E-state index contributed by atoms with van der Waals surface area (Å²) in [5.41, 5.74) is 25.3. The van der Waals surface area contributed by atoms with Gasteiger partial charge in [-0.25, -0.2) is 0 Å². The third-order valence-electron chi connectivity index (χ3n) is 19.2. The van der Waals surface area contributed by atoms with Crippen LogP contribution in [0.4, 0.5) is 17.1 Å². The van der Waals surface area contributed by atoms with Crippen molar-refractivity contribution in [3.8, 4) is 33.4 Å². The summed E-state index contributed by atoms with van der Waals surface area (Å²) in [5, 5.41) is 2.54. The van der Waals surface area contributed by atoms with Crippen molar-refractivity contribution in [2.45, 2.75) is 36.0 Å². The molecule has 0 heterocycles. The third-order valence-corrected chi connectivity index (χ3v) is 19.2. The van der Waals surface area contributed by atoms with E-state index in [9.17, 15) is 0 Å². The minimum Gasteiger partial charge on any atom is -0.310 e. The highest BCUT2D eigenvalue weighted by Crippen LogP contribution is 2.61. The van der Waals surface area contributed by atoms with Crippen molar-refractivity contribution in [2.24, 2.45) is 5.92 Å². The fourth-order valence-electron chi connectivity index (χ4n) is 15.7. The molecule has 0 N–H and O–H groups in total. The molecule has 0 saturated heterocycles. The molecule has 16 rings (SSSR count). The first kappa shape index (κ1) is 48.1. The summed E-state index contributed by atoms with van der Waals surface area (Å²) in [5.74, 6) is 0.586. The molecule has 2 atom stereocenters. The van der Waals surface area contributed by atoms with Gasteiger partial charge in [-0.05, 0) is 159 Å². The molecule has 0 aromatic heterocycles. The summed E-state index contributed by atoms with van der Waals surface area (Å²) >= 11 is 0. The van der Waals surface area contributed by atoms with Crippen molar-refractivity contribution >= 4 is 33.4 Å². The van der Waals surface area contributed by atoms with E-state index in [1.807, 2.05) is 0 Å². The molecular weight excluding hydrogens is 987 g/mol. The molecule has 4 aliphatic rings. The van der Waals surface area contributed by atoms with Crippen LogP contribution in [0.5, 0.6) is 0 Å². The van der Waals surface area contributed by atoms with Gasteiger partial charge in [-0.3, -0.25) is 0 Å². The average molecular weight is 1050 g/mol. The van der Waals surface area contributed by atoms with E-state index >= 15 is 0 Å². The molecule has 4 aliphatic carbocycles. The summed E-state index contributed by atoms with van der Waals surface area (Å²) in [6.07, 6.45) is 7.20. The molecule has 0 aliphatic heterocycles. The normalized spacial score (nSPS) is 17.0. The van der Waals surface area contributed by atoms with Crippen molar-refractivity contribution in [1.29, 1.82) is 0 Å². The van der Waals surface area contributed by atoms with E-state index in [0.29, 0.717) is 5.92 Å². The van der Waals surface area contributed by atoms with Gasteiger partial charge >= 0.3 is 0 Å². The quantitative estimate of drug-likeness (QED) is 0.139. The van der Waals surface area contributed by atoms with Gasteiger partial charge in [0.05, 0.1) is 10.8 Å². The van der Waals surface area contributed by atoms with Crippen LogP contribution >= 0.6 is 0 Å². The first-order valence-electron chi connectivity index (χ1n) is 29.1. The molecule has 0 amide bonds. The standard InChI is InChI=1S/C81H59N/c1-79(2)71-38-20-19-36-69(71)78-70(37-23-41-74(78)79)77-63-33-16-15-24-54(63)44-49-64(77)55-42-45-60(46-43-55)82(61-47-50-67-65-34-17-21-39-72(65)80(75(67)52-61,56-25-7-3-8-26-56)57-27-9-4-10-28-57)62-48-51-68-66-35-18-22-40-73(66)81(76(68)53-62,58-29-11-5-12-30-58)59-31-13-6-14-32-59/h3-53,74,78H,1-2H3. The highest BCUT2D eigenvalue weighted by molar-refractivity contribution is 6.03. The average Bonchev–Trinajstić information content (AvgIpc) is 2.23. The molecule has 1 nitrogen and oxygen atoms in total. The summed E-state index contributed by atoms with van der Waals surface area (Å²) < 4.78 is 0. The first-order valence-corrected chi connectivity index (χ1v) is 29.1. The third kappa shape index (κ3) is 6.87. The smallest absolute Gasteiger partial charge is 0.0714 e. The first-order chi connectivity index (χ1) is 40.5. The van der Waals surface area contributed by atoms with Gasteiger partial charge in [-0.15, -0.1) is 0 Å². The van der Waals surface area contributed by atoms with Gasteiger partial charge in [0.2, 0.25) is 0 Å². The van der Waals surface area contributed by atoms with Crippen LogP contribution in [0, 0.1) is 5.92 Å². The van der Waals surface area contributed by atoms with Gasteiger partial charge in [0.25, 0.3) is 0 Å². The molecule has 2 unspecified atom stereocenters. The second-order valence-electron chi connectivity index (χ2n) is 23.4. The number of anilines is 3. The Morgan fingerprint density at radius 1 is 0.341 bits per heavy atom. The van der Waals surface area contributed by atoms with Crippen LogP contribution in [-0.4, -0.2) is 0 Å². The van der Waals surface area contributed by atoms with E-state index in [1.165, 1.54) is 111 Å². The van der Waals surface area contributed by atoms with Gasteiger partial charge in [0.1, 0.15) is 0 Å². The fraction of sp³-hybridized carbons (Fsp3) is 0.0864. The summed E-state index contributed by atoms with van der Waals surface area (Å²) in [7, 11) is 0. The number of hydrogen-bond acceptors (Lipinski definition) is 1. The molecule has 12 aromatic rings. The summed E-state index contributed by atoms with van der Waals surface area (Å²) in [6, 6.07) is 110. The maximum Gasteiger partial charge on any atom is 0.0714 e. The fourth-order valence-corrected chi connectivity index (χ4v) is 15.7. The Hall–Kier alpha value is -9.82. The largest absolute Gasteiger partial charge is 0.310 e. The Labute approximate surface area is 481 Å². The van der Waals surface area contributed by atoms with Gasteiger partial charge in [0.15, 0.2) is 0 Å². The lowest BCUT2D eigenvalue weighted by Crippen LogP contribution is -2.29. The molecule has 0 spiro atoms. The zero-order chi connectivity index (χ0) is 54.6. The van der Waals surface area contributed by atoms with Crippen LogP contribution < -0.4 is 4.90 Å². The maximum absolute atomic E-state index is 2.52. The highest BCUT2D eigenvalue weighted by atomic mass is 15.1. The predicted octanol–water partition coefficient (Wildman–Crippen LogP) is 20.3. The van der Waals surface area contributed by atoms with Gasteiger partial charge in [-0.2, -0.15) is 0 Å². The van der Waals surface area contributed by atoms with E-state index in [4.69, 9.17) is 0 Å². The molecule has 0 bridgehead atoms. The van der Waals surface area contributed by atoms with Crippen LogP contribution in [0.25, 0.3) is 49.7 Å². The molecule has 12 aromatic carbocycles. The second-order valence-corrected chi connectivity index (χ2v) is 23.4. The van der Waals surface area contributed by atoms with E-state index < -0.39 is 10.8 Å². The summed E-state index contributed by atoms with van der Waals surface area (Å²) in [4.78, 5) is 2.52. The number of allylic oxidation sites excluding steroid dienone is 4. The SMILES string of the molecule is CC1(C)c2ccccc2C2C(c3c(-c4ccc(N(c5ccc6c(c5)C(c5ccccc5)(c5ccccc5)c5ccccc5-6)c5ccc6c(c5)C(c5ccccc5)(c5ccccc5)c5ccccc5-6)cc4)ccc4ccccc34)=CC=CC21. The Balaban J connectivity index is 0.927. The van der Waals surface area contributed by atoms with Crippen molar-refractivity contribution in [1.82, 2.24) is 0 Å². The number of hydrogen-bond donors (Lipinski definition) is 0. The molecule has 0 saturated carbocycles. The lowest BCUT2D eigenvalue weighted by atomic mass is 9.67. The van der Waals surface area contributed by atoms with E-state index in [-0.39, 0.29) is 11.3 Å². The van der Waals surface area contributed by atoms with Crippen molar-refractivity contribution in [3.05, 3.63) is 371 Å². The molecular formula is C81H59N. The lowest BCUT2D eigenvalue weighted by Gasteiger charge is -2.36. The van der Waals surface area contributed by atoms with Crippen LogP contribution in [0.3, 0.4) is 0 Å². The van der Waals surface area contributed by atoms with E-state index in [2.05, 4.69) is 328 Å². The monoisotopic (exact) mass is 1050 g/mol. The Morgan fingerprint density at radius 2 is 0.768 bits per heavy atom. The van der Waals surface area contributed by atoms with Gasteiger partial charge < -0.3 is 4.90 Å². The molecule has 0 radical (unpaired) electrons. The number of rotatable bonds is 9. The molecule has 388 valence electrons. The van der Waals surface area contributed by atoms with Crippen molar-refractivity contribution < 1.29 is 0 Å². The Morgan fingerprint density at radius 3 is 1.30 bits per heavy atom. The zero-order valence-corrected chi connectivity index (χ0v) is 46.0. The molecule has 0 fully saturated rings. The lowest BCUT2D eigenvalue weighted by molar-refractivity contribution is 0.399. The van der Waals surface area contributed by atoms with Gasteiger partial charge in [0, 0.05) is 23.0 Å². The number of nitrogens with zero attached hydrogens (tertiary/aromatic N) is 1. The summed E-state index contributed by atoms with van der Waals surface area (Å²) in [6.45, 7) is 4.87. The molecule has 1 heteroatoms. The highest BCUT2D eigenvalue weighted by Gasteiger charge is 2.50. The van der Waals surface area contributed by atoms with Crippen molar-refractivity contribution in [3.63, 3.8) is 0 Å². The predicted molar refractivity (Wildman–Crippen MR) is 341 cm³/mol. The van der Waals surface area contributed by atoms with Crippen LogP contribution in [0.2, 0.25) is 0 Å². The van der Waals surface area contributed by atoms with Crippen molar-refractivity contribution in [2.75, 3.05) is 4.90 Å². The number of fused-ring (bicyclic) bond motifs is 10. The Bertz CT molecular complexity index is 4270. The van der Waals surface area contributed by atoms with Crippen LogP contribution in [0.15, 0.2) is 309 Å². The topological polar surface area (TPSA) is 3.24 Å². The Kier molecular flexibility index (Phi) is 10.9. The van der Waals surface area contributed by atoms with Crippen LogP contribution in [0.1, 0.15) is 81.0 Å². The zero-order valence-electron chi connectivity index (χ0n) is 46.0. The maximum atomic E-state index is 2.52. The van der Waals surface area contributed by atoms with Crippen LogP contribution in [-0.2, 0) is 16.2 Å². The molecule has 82 heavy (non-hydrogen) atoms. The minimum atomic E-state index is -0.571. The minimum absolute atomic E-state index is 0.00246. The second kappa shape index (κ2) is 18.6.